The Morgan fingerprint density at radius 3 is 2.59 bits per heavy atom. The summed E-state index contributed by atoms with van der Waals surface area (Å²) in [6.07, 6.45) is 16.9. The molecule has 3 heteroatoms. The van der Waals surface area contributed by atoms with E-state index >= 15 is 0 Å². The summed E-state index contributed by atoms with van der Waals surface area (Å²) in [5, 5.41) is 10.6. The van der Waals surface area contributed by atoms with Crippen LogP contribution in [0.3, 0.4) is 0 Å². The van der Waals surface area contributed by atoms with Gasteiger partial charge in [-0.2, -0.15) is 0 Å². The Bertz CT molecular complexity index is 532. The van der Waals surface area contributed by atoms with Gasteiger partial charge in [0.25, 0.3) is 0 Å². The highest BCUT2D eigenvalue weighted by Crippen LogP contribution is 2.60. The van der Waals surface area contributed by atoms with Crippen molar-refractivity contribution >= 4 is 0 Å². The van der Waals surface area contributed by atoms with Gasteiger partial charge < -0.3 is 14.6 Å². The maximum absolute atomic E-state index is 10.6. The normalized spacial score (nSPS) is 41.6. The van der Waals surface area contributed by atoms with Crippen molar-refractivity contribution in [2.45, 2.75) is 103 Å². The molecule has 0 bridgehead atoms. The summed E-state index contributed by atoms with van der Waals surface area (Å²) in [5.74, 6) is 1.83. The van der Waals surface area contributed by atoms with Crippen molar-refractivity contribution in [2.24, 2.45) is 28.6 Å². The lowest BCUT2D eigenvalue weighted by Crippen LogP contribution is -2.43. The minimum absolute atomic E-state index is 0.000942. The lowest BCUT2D eigenvalue weighted by Gasteiger charge is -2.48. The first-order chi connectivity index (χ1) is 12.9. The van der Waals surface area contributed by atoms with Crippen molar-refractivity contribution in [3.8, 4) is 0 Å². The third kappa shape index (κ3) is 4.16. The largest absolute Gasteiger partial charge is 0.393 e. The van der Waals surface area contributed by atoms with E-state index in [2.05, 4.69) is 32.9 Å². The highest BCUT2D eigenvalue weighted by Gasteiger charge is 2.54. The van der Waals surface area contributed by atoms with E-state index in [4.69, 9.17) is 9.47 Å². The Hall–Kier alpha value is -0.380. The smallest absolute Gasteiger partial charge is 0.158 e. The molecule has 0 amide bonds. The van der Waals surface area contributed by atoms with Crippen molar-refractivity contribution < 1.29 is 14.6 Å². The van der Waals surface area contributed by atoms with Gasteiger partial charge in [-0.1, -0.05) is 39.3 Å². The molecule has 1 N–H and O–H groups in total. The summed E-state index contributed by atoms with van der Waals surface area (Å²) in [7, 11) is 0. The first kappa shape index (κ1) is 19.9. The van der Waals surface area contributed by atoms with Crippen molar-refractivity contribution in [1.82, 2.24) is 0 Å². The fraction of sp³-hybridized carbons (Fsp3) is 0.917. The van der Waals surface area contributed by atoms with Gasteiger partial charge in [-0.3, -0.25) is 0 Å². The maximum atomic E-state index is 10.6. The zero-order valence-electron chi connectivity index (χ0n) is 17.7. The number of ether oxygens (including phenoxy) is 2. The van der Waals surface area contributed by atoms with E-state index in [0.717, 1.165) is 19.4 Å². The number of hydrogen-bond donors (Lipinski definition) is 1. The fourth-order valence-corrected chi connectivity index (χ4v) is 6.56. The zero-order valence-corrected chi connectivity index (χ0v) is 17.7. The molecule has 0 radical (unpaired) electrons. The van der Waals surface area contributed by atoms with Gasteiger partial charge in [0.2, 0.25) is 0 Å². The number of aliphatic hydroxyl groups is 1. The topological polar surface area (TPSA) is 38.7 Å². The van der Waals surface area contributed by atoms with E-state index in [-0.39, 0.29) is 29.3 Å². The van der Waals surface area contributed by atoms with Crippen LogP contribution in [0.4, 0.5) is 0 Å². The minimum Gasteiger partial charge on any atom is -0.393 e. The summed E-state index contributed by atoms with van der Waals surface area (Å²) in [5.41, 5.74) is 0.429. The Kier molecular flexibility index (Phi) is 5.75. The van der Waals surface area contributed by atoms with E-state index in [9.17, 15) is 5.11 Å². The van der Waals surface area contributed by atoms with Crippen LogP contribution in [-0.4, -0.2) is 30.2 Å². The van der Waals surface area contributed by atoms with E-state index in [1.165, 1.54) is 51.4 Å². The molecule has 3 aliphatic carbocycles. The molecule has 1 saturated heterocycles. The Morgan fingerprint density at radius 1 is 1.07 bits per heavy atom. The molecule has 0 spiro atoms. The third-order valence-corrected chi connectivity index (χ3v) is 8.24. The maximum Gasteiger partial charge on any atom is 0.158 e. The molecule has 0 aromatic rings. The van der Waals surface area contributed by atoms with Gasteiger partial charge in [0, 0.05) is 6.61 Å². The molecule has 6 atom stereocenters. The van der Waals surface area contributed by atoms with E-state index in [1.54, 1.807) is 0 Å². The van der Waals surface area contributed by atoms with Gasteiger partial charge in [0.15, 0.2) is 6.29 Å². The van der Waals surface area contributed by atoms with E-state index in [0.29, 0.717) is 17.8 Å². The first-order valence-electron chi connectivity index (χ1n) is 11.5. The zero-order chi connectivity index (χ0) is 19.1. The van der Waals surface area contributed by atoms with E-state index in [1.807, 2.05) is 0 Å². The SMILES string of the molecule is CC(C)(/C=C/C(OC1CCCCO1)C1CC1)C1CC[C@H]2[C@@H](O)CCC[C@]12C. The number of hydrogen-bond acceptors (Lipinski definition) is 3. The minimum atomic E-state index is -0.0838. The molecular weight excluding hydrogens is 336 g/mol. The number of rotatable bonds is 6. The molecule has 4 rings (SSSR count). The number of allylic oxidation sites excluding steroid dienone is 1. The highest BCUT2D eigenvalue weighted by atomic mass is 16.7. The lowest BCUT2D eigenvalue weighted by atomic mass is 9.58. The molecular formula is C24H40O3. The molecule has 27 heavy (non-hydrogen) atoms. The van der Waals surface area contributed by atoms with Crippen LogP contribution in [0.2, 0.25) is 0 Å². The number of aliphatic hydroxyl groups excluding tert-OH is 1. The monoisotopic (exact) mass is 376 g/mol. The average molecular weight is 377 g/mol. The fourth-order valence-electron chi connectivity index (χ4n) is 6.56. The Balaban J connectivity index is 1.44. The Labute approximate surface area is 165 Å². The Morgan fingerprint density at radius 2 is 1.89 bits per heavy atom. The van der Waals surface area contributed by atoms with Crippen LogP contribution in [-0.2, 0) is 9.47 Å². The predicted molar refractivity (Wildman–Crippen MR) is 108 cm³/mol. The second-order valence-electron chi connectivity index (χ2n) is 10.6. The molecule has 3 unspecified atom stereocenters. The third-order valence-electron chi connectivity index (χ3n) is 8.24. The summed E-state index contributed by atoms with van der Waals surface area (Å²) in [6, 6.07) is 0. The standard InChI is InChI=1S/C24H40O3/c1-23(2,21-12-11-18-19(25)7-6-14-24(18,21)3)15-13-20(17-9-10-17)27-22-8-4-5-16-26-22/h13,15,17-22,25H,4-12,14,16H2,1-3H3/b15-13+/t18-,19-,20?,21?,22?,24-/m0/s1. The van der Waals surface area contributed by atoms with Crippen LogP contribution in [0, 0.1) is 28.6 Å². The molecule has 4 aliphatic rings. The van der Waals surface area contributed by atoms with Gasteiger partial charge in [-0.15, -0.1) is 0 Å². The van der Waals surface area contributed by atoms with Crippen LogP contribution in [0.5, 0.6) is 0 Å². The van der Waals surface area contributed by atoms with E-state index < -0.39 is 0 Å². The van der Waals surface area contributed by atoms with Gasteiger partial charge >= 0.3 is 0 Å². The lowest BCUT2D eigenvalue weighted by molar-refractivity contribution is -0.182. The van der Waals surface area contributed by atoms with Crippen LogP contribution < -0.4 is 0 Å². The molecule has 0 aromatic heterocycles. The average Bonchev–Trinajstić information content (AvgIpc) is 3.41. The van der Waals surface area contributed by atoms with Gasteiger partial charge in [-0.05, 0) is 86.4 Å². The predicted octanol–water partition coefficient (Wildman–Crippen LogP) is 5.47. The van der Waals surface area contributed by atoms with Crippen LogP contribution >= 0.6 is 0 Å². The van der Waals surface area contributed by atoms with Crippen molar-refractivity contribution in [2.75, 3.05) is 6.61 Å². The molecule has 1 aliphatic heterocycles. The first-order valence-corrected chi connectivity index (χ1v) is 11.5. The van der Waals surface area contributed by atoms with Crippen LogP contribution in [0.25, 0.3) is 0 Å². The van der Waals surface area contributed by atoms with Crippen LogP contribution in [0.15, 0.2) is 12.2 Å². The molecule has 1 heterocycles. The highest BCUT2D eigenvalue weighted by molar-refractivity contribution is 5.12. The summed E-state index contributed by atoms with van der Waals surface area (Å²) in [4.78, 5) is 0. The molecule has 0 aromatic carbocycles. The van der Waals surface area contributed by atoms with Crippen molar-refractivity contribution in [3.05, 3.63) is 12.2 Å². The van der Waals surface area contributed by atoms with Gasteiger partial charge in [-0.25, -0.2) is 0 Å². The van der Waals surface area contributed by atoms with Crippen LogP contribution in [0.1, 0.15) is 85.0 Å². The molecule has 3 saturated carbocycles. The second-order valence-corrected chi connectivity index (χ2v) is 10.6. The second kappa shape index (κ2) is 7.80. The van der Waals surface area contributed by atoms with Crippen molar-refractivity contribution in [1.29, 1.82) is 0 Å². The van der Waals surface area contributed by atoms with Gasteiger partial charge in [0.05, 0.1) is 12.2 Å². The summed E-state index contributed by atoms with van der Waals surface area (Å²) in [6.45, 7) is 8.12. The molecule has 154 valence electrons. The quantitative estimate of drug-likeness (QED) is 0.625. The number of fused-ring (bicyclic) bond motifs is 1. The summed E-state index contributed by atoms with van der Waals surface area (Å²) < 4.78 is 12.2. The summed E-state index contributed by atoms with van der Waals surface area (Å²) >= 11 is 0. The molecule has 4 fully saturated rings. The van der Waals surface area contributed by atoms with Gasteiger partial charge in [0.1, 0.15) is 0 Å². The molecule has 3 nitrogen and oxygen atoms in total. The van der Waals surface area contributed by atoms with Crippen molar-refractivity contribution in [3.63, 3.8) is 0 Å².